The molecule has 3 heteroatoms. The Morgan fingerprint density at radius 1 is 1.33 bits per heavy atom. The number of hydrogen-bond donors (Lipinski definition) is 0. The molecule has 0 bridgehead atoms. The topological polar surface area (TPSA) is 35.5 Å². The molecule has 0 N–H and O–H groups in total. The van der Waals surface area contributed by atoms with Gasteiger partial charge in [-0.2, -0.15) is 0 Å². The first-order valence-corrected chi connectivity index (χ1v) is 5.31. The number of allylic oxidation sites excluding steroid dienone is 1. The minimum atomic E-state index is -0.602. The highest BCUT2D eigenvalue weighted by Crippen LogP contribution is 2.25. The van der Waals surface area contributed by atoms with Crippen LogP contribution in [0.25, 0.3) is 0 Å². The second-order valence-electron chi connectivity index (χ2n) is 3.70. The van der Waals surface area contributed by atoms with Crippen molar-refractivity contribution >= 4 is 5.78 Å². The Morgan fingerprint density at radius 3 is 2.33 bits per heavy atom. The van der Waals surface area contributed by atoms with Crippen molar-refractivity contribution in [2.45, 2.75) is 44.8 Å². The van der Waals surface area contributed by atoms with Crippen molar-refractivity contribution in [3.8, 4) is 0 Å². The Labute approximate surface area is 92.5 Å². The van der Waals surface area contributed by atoms with Gasteiger partial charge in [-0.1, -0.05) is 6.08 Å². The van der Waals surface area contributed by atoms with E-state index in [-0.39, 0.29) is 5.78 Å². The van der Waals surface area contributed by atoms with Crippen LogP contribution in [-0.4, -0.2) is 25.8 Å². The van der Waals surface area contributed by atoms with Crippen LogP contribution in [0.1, 0.15) is 39.0 Å². The average molecular weight is 214 g/mol. The molecular weight excluding hydrogens is 192 g/mol. The summed E-state index contributed by atoms with van der Waals surface area (Å²) in [6.07, 6.45) is 5.68. The van der Waals surface area contributed by atoms with E-state index < -0.39 is 5.79 Å². The number of unbranched alkanes of at least 4 members (excludes halogenated alkanes) is 1. The zero-order chi connectivity index (χ0) is 11.7. The van der Waals surface area contributed by atoms with Crippen molar-refractivity contribution in [2.75, 3.05) is 14.2 Å². The molecule has 0 atom stereocenters. The summed E-state index contributed by atoms with van der Waals surface area (Å²) in [6.45, 7) is 5.25. The molecule has 0 aliphatic carbocycles. The maximum Gasteiger partial charge on any atom is 0.167 e. The van der Waals surface area contributed by atoms with E-state index in [4.69, 9.17) is 9.47 Å². The van der Waals surface area contributed by atoms with Crippen molar-refractivity contribution < 1.29 is 14.3 Å². The first kappa shape index (κ1) is 14.3. The summed E-state index contributed by atoms with van der Waals surface area (Å²) < 4.78 is 10.8. The van der Waals surface area contributed by atoms with Gasteiger partial charge in [-0.05, 0) is 19.8 Å². The SMILES string of the molecule is C=CCCCC(CCC(C)=O)(OC)OC. The lowest BCUT2D eigenvalue weighted by molar-refractivity contribution is -0.215. The van der Waals surface area contributed by atoms with E-state index in [0.717, 1.165) is 19.3 Å². The Hall–Kier alpha value is -0.670. The van der Waals surface area contributed by atoms with E-state index in [9.17, 15) is 4.79 Å². The van der Waals surface area contributed by atoms with Gasteiger partial charge in [0.1, 0.15) is 5.78 Å². The number of methoxy groups -OCH3 is 2. The number of ether oxygens (including phenoxy) is 2. The predicted molar refractivity (Wildman–Crippen MR) is 60.7 cm³/mol. The Bertz CT molecular complexity index is 195. The molecule has 0 saturated heterocycles. The molecule has 0 saturated carbocycles. The molecule has 0 spiro atoms. The van der Waals surface area contributed by atoms with Crippen LogP contribution in [0.2, 0.25) is 0 Å². The predicted octanol–water partition coefficient (Wildman–Crippen LogP) is 2.70. The average Bonchev–Trinajstić information content (AvgIpc) is 2.23. The molecule has 0 aromatic carbocycles. The molecule has 0 fully saturated rings. The molecule has 0 radical (unpaired) electrons. The molecule has 88 valence electrons. The minimum Gasteiger partial charge on any atom is -0.353 e. The van der Waals surface area contributed by atoms with Gasteiger partial charge < -0.3 is 14.3 Å². The maximum atomic E-state index is 10.9. The number of carbonyl (C=O) groups is 1. The second kappa shape index (κ2) is 7.60. The van der Waals surface area contributed by atoms with Gasteiger partial charge >= 0.3 is 0 Å². The van der Waals surface area contributed by atoms with Crippen LogP contribution < -0.4 is 0 Å². The molecule has 3 nitrogen and oxygen atoms in total. The number of hydrogen-bond acceptors (Lipinski definition) is 3. The van der Waals surface area contributed by atoms with Gasteiger partial charge in [-0.3, -0.25) is 0 Å². The molecule has 0 aromatic rings. The summed E-state index contributed by atoms with van der Waals surface area (Å²) in [5.74, 6) is -0.438. The third kappa shape index (κ3) is 5.70. The van der Waals surface area contributed by atoms with E-state index in [2.05, 4.69) is 6.58 Å². The second-order valence-corrected chi connectivity index (χ2v) is 3.70. The monoisotopic (exact) mass is 214 g/mol. The van der Waals surface area contributed by atoms with E-state index in [1.165, 1.54) is 0 Å². The van der Waals surface area contributed by atoms with E-state index >= 15 is 0 Å². The third-order valence-electron chi connectivity index (χ3n) is 2.57. The lowest BCUT2D eigenvalue weighted by Crippen LogP contribution is -2.34. The molecule has 15 heavy (non-hydrogen) atoms. The van der Waals surface area contributed by atoms with Crippen molar-refractivity contribution in [3.05, 3.63) is 12.7 Å². The minimum absolute atomic E-state index is 0.164. The lowest BCUT2D eigenvalue weighted by atomic mass is 10.0. The van der Waals surface area contributed by atoms with Crippen LogP contribution in [0.5, 0.6) is 0 Å². The molecule has 0 heterocycles. The van der Waals surface area contributed by atoms with Crippen LogP contribution in [-0.2, 0) is 14.3 Å². The highest BCUT2D eigenvalue weighted by molar-refractivity contribution is 5.75. The summed E-state index contributed by atoms with van der Waals surface area (Å²) in [5.41, 5.74) is 0. The first-order chi connectivity index (χ1) is 7.10. The lowest BCUT2D eigenvalue weighted by Gasteiger charge is -2.30. The molecular formula is C12H22O3. The quantitative estimate of drug-likeness (QED) is 0.336. The van der Waals surface area contributed by atoms with E-state index in [0.29, 0.717) is 12.8 Å². The van der Waals surface area contributed by atoms with Gasteiger partial charge in [0.25, 0.3) is 0 Å². The van der Waals surface area contributed by atoms with Crippen molar-refractivity contribution in [2.24, 2.45) is 0 Å². The van der Waals surface area contributed by atoms with Gasteiger partial charge in [-0.25, -0.2) is 0 Å². The summed E-state index contributed by atoms with van der Waals surface area (Å²) >= 11 is 0. The van der Waals surface area contributed by atoms with E-state index in [1.54, 1.807) is 21.1 Å². The van der Waals surface area contributed by atoms with Crippen LogP contribution >= 0.6 is 0 Å². The molecule has 0 aliphatic rings. The largest absolute Gasteiger partial charge is 0.353 e. The van der Waals surface area contributed by atoms with Gasteiger partial charge in [0.15, 0.2) is 5.79 Å². The van der Waals surface area contributed by atoms with Gasteiger partial charge in [0, 0.05) is 33.5 Å². The zero-order valence-corrected chi connectivity index (χ0v) is 10.0. The molecule has 0 rings (SSSR count). The molecule has 0 amide bonds. The van der Waals surface area contributed by atoms with Crippen LogP contribution in [0, 0.1) is 0 Å². The summed E-state index contributed by atoms with van der Waals surface area (Å²) in [7, 11) is 3.25. The van der Waals surface area contributed by atoms with Gasteiger partial charge in [-0.15, -0.1) is 6.58 Å². The molecule has 0 aliphatic heterocycles. The fourth-order valence-electron chi connectivity index (χ4n) is 1.50. The van der Waals surface area contributed by atoms with Crippen molar-refractivity contribution in [1.82, 2.24) is 0 Å². The third-order valence-corrected chi connectivity index (χ3v) is 2.57. The van der Waals surface area contributed by atoms with Gasteiger partial charge in [0.05, 0.1) is 0 Å². The number of Topliss-reactive ketones (excluding diaryl/α,β-unsaturated/α-hetero) is 1. The number of rotatable bonds is 9. The standard InChI is InChI=1S/C12H22O3/c1-5-6-7-9-12(14-3,15-4)10-8-11(2)13/h5H,1,6-10H2,2-4H3. The number of carbonyl (C=O) groups excluding carboxylic acids is 1. The molecule has 0 unspecified atom stereocenters. The summed E-state index contributed by atoms with van der Waals surface area (Å²) in [6, 6.07) is 0. The summed E-state index contributed by atoms with van der Waals surface area (Å²) in [5, 5.41) is 0. The first-order valence-electron chi connectivity index (χ1n) is 5.31. The van der Waals surface area contributed by atoms with Crippen LogP contribution in [0.3, 0.4) is 0 Å². The Balaban J connectivity index is 4.15. The van der Waals surface area contributed by atoms with Crippen molar-refractivity contribution in [1.29, 1.82) is 0 Å². The highest BCUT2D eigenvalue weighted by Gasteiger charge is 2.28. The van der Waals surface area contributed by atoms with Crippen LogP contribution in [0.15, 0.2) is 12.7 Å². The summed E-state index contributed by atoms with van der Waals surface area (Å²) in [4.78, 5) is 10.9. The normalized spacial score (nSPS) is 11.4. The van der Waals surface area contributed by atoms with Crippen LogP contribution in [0.4, 0.5) is 0 Å². The highest BCUT2D eigenvalue weighted by atomic mass is 16.7. The number of ketones is 1. The fraction of sp³-hybridized carbons (Fsp3) is 0.750. The van der Waals surface area contributed by atoms with Gasteiger partial charge in [0.2, 0.25) is 0 Å². The zero-order valence-electron chi connectivity index (χ0n) is 10.0. The maximum absolute atomic E-state index is 10.9. The van der Waals surface area contributed by atoms with E-state index in [1.807, 2.05) is 6.08 Å². The Kier molecular flexibility index (Phi) is 7.26. The fourth-order valence-corrected chi connectivity index (χ4v) is 1.50. The van der Waals surface area contributed by atoms with Crippen molar-refractivity contribution in [3.63, 3.8) is 0 Å². The molecule has 0 aromatic heterocycles. The smallest absolute Gasteiger partial charge is 0.167 e. The Morgan fingerprint density at radius 2 is 1.93 bits per heavy atom.